The quantitative estimate of drug-likeness (QED) is 0.666. The topological polar surface area (TPSA) is 90.5 Å². The molecule has 154 valence electrons. The van der Waals surface area contributed by atoms with Crippen molar-refractivity contribution in [3.05, 3.63) is 60.2 Å². The van der Waals surface area contributed by atoms with Gasteiger partial charge in [-0.05, 0) is 30.3 Å². The van der Waals surface area contributed by atoms with E-state index in [0.717, 1.165) is 38.3 Å². The van der Waals surface area contributed by atoms with Gasteiger partial charge in [-0.25, -0.2) is 0 Å². The highest BCUT2D eigenvalue weighted by atomic mass is 16.2. The number of rotatable bonds is 7. The van der Waals surface area contributed by atoms with E-state index in [-0.39, 0.29) is 12.6 Å². The van der Waals surface area contributed by atoms with Crippen LogP contribution in [0.25, 0.3) is 0 Å². The predicted octanol–water partition coefficient (Wildman–Crippen LogP) is 0.588. The first kappa shape index (κ1) is 20.9. The van der Waals surface area contributed by atoms with Gasteiger partial charge in [0.1, 0.15) is 0 Å². The van der Waals surface area contributed by atoms with E-state index in [2.05, 4.69) is 37.3 Å². The molecule has 2 N–H and O–H groups in total. The highest BCUT2D eigenvalue weighted by Crippen LogP contribution is 2.21. The molecule has 3 rings (SSSR count). The first-order valence-electron chi connectivity index (χ1n) is 9.99. The van der Waals surface area contributed by atoms with Crippen LogP contribution in [0.4, 0.5) is 0 Å². The minimum atomic E-state index is -0.656. The summed E-state index contributed by atoms with van der Waals surface area (Å²) in [4.78, 5) is 37.5. The molecule has 29 heavy (non-hydrogen) atoms. The predicted molar refractivity (Wildman–Crippen MR) is 110 cm³/mol. The van der Waals surface area contributed by atoms with Crippen LogP contribution in [0.3, 0.4) is 0 Å². The molecule has 1 fully saturated rings. The van der Waals surface area contributed by atoms with Crippen LogP contribution in [0.15, 0.2) is 48.9 Å². The number of likely N-dealkylation sites (N-methyl/N-ethyl adjacent to an activating group) is 1. The standard InChI is InChI=1S/C21H28N6O2/c1-2-26-10-12-27(13-11-26)19(17-6-5-8-22-14-17)16-25-21(29)20(28)24-15-18-7-3-4-9-23-18/h3-9,14,19H,2,10-13,15-16H2,1H3,(H,24,28)(H,25,29)/t19-/m0/s1. The number of piperazine rings is 1. The smallest absolute Gasteiger partial charge is 0.309 e. The molecule has 1 aliphatic heterocycles. The van der Waals surface area contributed by atoms with Gasteiger partial charge in [0, 0.05) is 51.3 Å². The second-order valence-corrected chi connectivity index (χ2v) is 6.99. The SMILES string of the molecule is CCN1CCN([C@@H](CNC(=O)C(=O)NCc2ccccn2)c2cccnc2)CC1. The van der Waals surface area contributed by atoms with Gasteiger partial charge in [0.15, 0.2) is 0 Å². The van der Waals surface area contributed by atoms with E-state index in [1.54, 1.807) is 24.5 Å². The fourth-order valence-electron chi connectivity index (χ4n) is 3.45. The zero-order valence-electron chi connectivity index (χ0n) is 16.8. The lowest BCUT2D eigenvalue weighted by Gasteiger charge is -2.39. The third kappa shape index (κ3) is 6.07. The lowest BCUT2D eigenvalue weighted by Crippen LogP contribution is -2.50. The number of hydrogen-bond donors (Lipinski definition) is 2. The van der Waals surface area contributed by atoms with Crippen molar-refractivity contribution in [3.63, 3.8) is 0 Å². The Hall–Kier alpha value is -2.84. The summed E-state index contributed by atoms with van der Waals surface area (Å²) >= 11 is 0. The fraction of sp³-hybridized carbons (Fsp3) is 0.429. The van der Waals surface area contributed by atoms with Gasteiger partial charge in [-0.3, -0.25) is 24.5 Å². The van der Waals surface area contributed by atoms with Crippen molar-refractivity contribution >= 4 is 11.8 Å². The second-order valence-electron chi connectivity index (χ2n) is 6.99. The summed E-state index contributed by atoms with van der Waals surface area (Å²) in [6, 6.07) is 9.33. The molecule has 0 bridgehead atoms. The first-order chi connectivity index (χ1) is 14.2. The molecular weight excluding hydrogens is 368 g/mol. The molecule has 2 amide bonds. The number of carbonyl (C=O) groups is 2. The maximum absolute atomic E-state index is 12.3. The van der Waals surface area contributed by atoms with Crippen LogP contribution in [0.2, 0.25) is 0 Å². The molecule has 0 aromatic carbocycles. The average molecular weight is 396 g/mol. The first-order valence-corrected chi connectivity index (χ1v) is 9.99. The summed E-state index contributed by atoms with van der Waals surface area (Å²) in [5.41, 5.74) is 1.74. The van der Waals surface area contributed by atoms with E-state index in [1.165, 1.54) is 0 Å². The molecule has 0 radical (unpaired) electrons. The van der Waals surface area contributed by atoms with Gasteiger partial charge >= 0.3 is 11.8 Å². The summed E-state index contributed by atoms with van der Waals surface area (Å²) in [5.74, 6) is -1.29. The van der Waals surface area contributed by atoms with Gasteiger partial charge in [-0.15, -0.1) is 0 Å². The van der Waals surface area contributed by atoms with E-state index in [0.29, 0.717) is 12.2 Å². The summed E-state index contributed by atoms with van der Waals surface area (Å²) in [5, 5.41) is 5.39. The van der Waals surface area contributed by atoms with Crippen molar-refractivity contribution in [1.29, 1.82) is 0 Å². The van der Waals surface area contributed by atoms with Crippen molar-refractivity contribution in [2.45, 2.75) is 19.5 Å². The molecule has 0 saturated carbocycles. The van der Waals surface area contributed by atoms with Gasteiger partial charge in [0.05, 0.1) is 18.3 Å². The lowest BCUT2D eigenvalue weighted by molar-refractivity contribution is -0.139. The van der Waals surface area contributed by atoms with Gasteiger partial charge in [-0.1, -0.05) is 19.1 Å². The van der Waals surface area contributed by atoms with Crippen LogP contribution >= 0.6 is 0 Å². The van der Waals surface area contributed by atoms with Gasteiger partial charge in [-0.2, -0.15) is 0 Å². The third-order valence-corrected chi connectivity index (χ3v) is 5.18. The molecule has 1 atom stereocenters. The number of carbonyl (C=O) groups excluding carboxylic acids is 2. The Morgan fingerprint density at radius 3 is 2.48 bits per heavy atom. The molecule has 0 unspecified atom stereocenters. The van der Waals surface area contributed by atoms with Crippen molar-refractivity contribution in [1.82, 2.24) is 30.4 Å². The minimum Gasteiger partial charge on any atom is -0.346 e. The van der Waals surface area contributed by atoms with Crippen molar-refractivity contribution < 1.29 is 9.59 Å². The van der Waals surface area contributed by atoms with Gasteiger partial charge < -0.3 is 15.5 Å². The van der Waals surface area contributed by atoms with E-state index in [4.69, 9.17) is 0 Å². The Morgan fingerprint density at radius 2 is 1.83 bits per heavy atom. The Morgan fingerprint density at radius 1 is 1.03 bits per heavy atom. The number of amides is 2. The van der Waals surface area contributed by atoms with E-state index >= 15 is 0 Å². The van der Waals surface area contributed by atoms with Crippen LogP contribution in [-0.4, -0.2) is 70.9 Å². The molecular formula is C21H28N6O2. The highest BCUT2D eigenvalue weighted by Gasteiger charge is 2.26. The molecule has 3 heterocycles. The molecule has 8 heteroatoms. The van der Waals surface area contributed by atoms with Crippen LogP contribution in [0.5, 0.6) is 0 Å². The Bertz CT molecular complexity index is 778. The average Bonchev–Trinajstić information content (AvgIpc) is 2.79. The normalized spacial score (nSPS) is 16.2. The number of nitrogens with one attached hydrogen (secondary N) is 2. The molecule has 1 saturated heterocycles. The largest absolute Gasteiger partial charge is 0.346 e. The van der Waals surface area contributed by atoms with Gasteiger partial charge in [0.25, 0.3) is 0 Å². The number of pyridine rings is 2. The summed E-state index contributed by atoms with van der Waals surface area (Å²) in [6.45, 7) is 7.59. The molecule has 1 aliphatic rings. The highest BCUT2D eigenvalue weighted by molar-refractivity contribution is 6.35. The zero-order chi connectivity index (χ0) is 20.5. The monoisotopic (exact) mass is 396 g/mol. The fourth-order valence-corrected chi connectivity index (χ4v) is 3.45. The summed E-state index contributed by atoms with van der Waals surface area (Å²) in [7, 11) is 0. The van der Waals surface area contributed by atoms with Crippen molar-refractivity contribution in [2.75, 3.05) is 39.3 Å². The maximum Gasteiger partial charge on any atom is 0.309 e. The molecule has 2 aromatic heterocycles. The summed E-state index contributed by atoms with van der Waals surface area (Å²) < 4.78 is 0. The number of aromatic nitrogens is 2. The van der Waals surface area contributed by atoms with Gasteiger partial charge in [0.2, 0.25) is 0 Å². The molecule has 0 spiro atoms. The number of hydrogen-bond acceptors (Lipinski definition) is 6. The minimum absolute atomic E-state index is 0.0183. The molecule has 2 aromatic rings. The third-order valence-electron chi connectivity index (χ3n) is 5.18. The lowest BCUT2D eigenvalue weighted by atomic mass is 10.1. The Kier molecular flexibility index (Phi) is 7.66. The molecule has 8 nitrogen and oxygen atoms in total. The van der Waals surface area contributed by atoms with Crippen molar-refractivity contribution in [2.24, 2.45) is 0 Å². The van der Waals surface area contributed by atoms with Crippen LogP contribution < -0.4 is 10.6 Å². The van der Waals surface area contributed by atoms with Crippen LogP contribution in [0, 0.1) is 0 Å². The molecule has 0 aliphatic carbocycles. The van der Waals surface area contributed by atoms with E-state index in [1.807, 2.05) is 24.4 Å². The van der Waals surface area contributed by atoms with Crippen LogP contribution in [0.1, 0.15) is 24.2 Å². The summed E-state index contributed by atoms with van der Waals surface area (Å²) in [6.07, 6.45) is 5.21. The zero-order valence-corrected chi connectivity index (χ0v) is 16.8. The maximum atomic E-state index is 12.3. The Balaban J connectivity index is 1.56. The van der Waals surface area contributed by atoms with Crippen LogP contribution in [-0.2, 0) is 16.1 Å². The van der Waals surface area contributed by atoms with Crippen molar-refractivity contribution in [3.8, 4) is 0 Å². The number of nitrogens with zero attached hydrogens (tertiary/aromatic N) is 4. The Labute approximate surface area is 171 Å². The second kappa shape index (κ2) is 10.6. The van der Waals surface area contributed by atoms with E-state index in [9.17, 15) is 9.59 Å². The van der Waals surface area contributed by atoms with E-state index < -0.39 is 11.8 Å².